The van der Waals surface area contributed by atoms with Crippen LogP contribution in [0.15, 0.2) is 18.2 Å². The highest BCUT2D eigenvalue weighted by atomic mass is 19.4. The standard InChI is InChI=1S/C20H22F4N6O/c1-11(2)30-19(31-15-5-3-4-14(16(15)21)20(22,23)24)27-18(28-30)26-17-12-6-7-13(17)9-29(8-12)10-25/h3-5,11-13,17H,6-9H2,1-2H3,(H,26,28)/t12-,13+,17+. The third-order valence-corrected chi connectivity index (χ3v) is 5.83. The Balaban J connectivity index is 1.58. The van der Waals surface area contributed by atoms with Crippen molar-refractivity contribution in [2.45, 2.75) is 44.9 Å². The highest BCUT2D eigenvalue weighted by Crippen LogP contribution is 2.39. The van der Waals surface area contributed by atoms with Crippen LogP contribution >= 0.6 is 0 Å². The number of anilines is 1. The number of hydrogen-bond acceptors (Lipinski definition) is 6. The summed E-state index contributed by atoms with van der Waals surface area (Å²) < 4.78 is 60.3. The second-order valence-electron chi connectivity index (χ2n) is 8.25. The smallest absolute Gasteiger partial charge is 0.419 e. The van der Waals surface area contributed by atoms with Gasteiger partial charge in [0.25, 0.3) is 0 Å². The van der Waals surface area contributed by atoms with Gasteiger partial charge in [0.05, 0.1) is 11.6 Å². The van der Waals surface area contributed by atoms with Gasteiger partial charge >= 0.3 is 12.2 Å². The van der Waals surface area contributed by atoms with E-state index in [1.54, 1.807) is 4.90 Å². The van der Waals surface area contributed by atoms with Gasteiger partial charge < -0.3 is 15.0 Å². The van der Waals surface area contributed by atoms with Gasteiger partial charge in [-0.3, -0.25) is 0 Å². The molecule has 2 aromatic rings. The van der Waals surface area contributed by atoms with Gasteiger partial charge in [-0.25, -0.2) is 9.07 Å². The molecule has 4 rings (SSSR count). The Morgan fingerprint density at radius 1 is 1.23 bits per heavy atom. The van der Waals surface area contributed by atoms with Crippen LogP contribution in [0.5, 0.6) is 11.8 Å². The quantitative estimate of drug-likeness (QED) is 0.550. The van der Waals surface area contributed by atoms with Crippen LogP contribution in [0.1, 0.15) is 38.3 Å². The fraction of sp³-hybridized carbons (Fsp3) is 0.550. The Hall–Kier alpha value is -3.03. The minimum absolute atomic E-state index is 0.0887. The number of nitriles is 1. The molecular weight excluding hydrogens is 416 g/mol. The van der Waals surface area contributed by atoms with Gasteiger partial charge in [0.1, 0.15) is 0 Å². The van der Waals surface area contributed by atoms with E-state index < -0.39 is 23.3 Å². The van der Waals surface area contributed by atoms with Gasteiger partial charge in [0, 0.05) is 19.1 Å². The van der Waals surface area contributed by atoms with Gasteiger partial charge in [-0.1, -0.05) is 6.07 Å². The number of fused-ring (bicyclic) bond motifs is 2. The Morgan fingerprint density at radius 3 is 2.48 bits per heavy atom. The molecule has 0 amide bonds. The fourth-order valence-corrected chi connectivity index (χ4v) is 4.37. The average molecular weight is 438 g/mol. The largest absolute Gasteiger partial charge is 0.421 e. The van der Waals surface area contributed by atoms with E-state index in [-0.39, 0.29) is 35.9 Å². The number of hydrogen-bond donors (Lipinski definition) is 1. The zero-order valence-corrected chi connectivity index (χ0v) is 17.0. The summed E-state index contributed by atoms with van der Waals surface area (Å²) in [4.78, 5) is 6.04. The summed E-state index contributed by atoms with van der Waals surface area (Å²) in [7, 11) is 0. The molecule has 1 N–H and O–H groups in total. The number of halogens is 4. The van der Waals surface area contributed by atoms with Crippen LogP contribution < -0.4 is 10.1 Å². The molecule has 0 unspecified atom stereocenters. The monoisotopic (exact) mass is 438 g/mol. The van der Waals surface area contributed by atoms with Crippen molar-refractivity contribution in [1.82, 2.24) is 19.7 Å². The van der Waals surface area contributed by atoms with Crippen molar-refractivity contribution in [1.29, 1.82) is 5.26 Å². The first-order valence-electron chi connectivity index (χ1n) is 10.1. The summed E-state index contributed by atoms with van der Waals surface area (Å²) >= 11 is 0. The zero-order valence-electron chi connectivity index (χ0n) is 17.0. The lowest BCUT2D eigenvalue weighted by Crippen LogP contribution is -2.46. The molecule has 2 heterocycles. The van der Waals surface area contributed by atoms with Crippen molar-refractivity contribution < 1.29 is 22.3 Å². The summed E-state index contributed by atoms with van der Waals surface area (Å²) in [6.07, 6.45) is -0.654. The van der Waals surface area contributed by atoms with E-state index >= 15 is 0 Å². The van der Waals surface area contributed by atoms with E-state index in [4.69, 9.17) is 4.74 Å². The first kappa shape index (κ1) is 21.2. The highest BCUT2D eigenvalue weighted by Gasteiger charge is 2.42. The molecule has 0 radical (unpaired) electrons. The molecular formula is C20H22F4N6O. The Labute approximate surface area is 176 Å². The SMILES string of the molecule is CC(C)n1nc(N[C@H]2[C@@H]3CC[C@H]2CN(C#N)C3)nc1Oc1cccc(C(F)(F)F)c1F. The minimum Gasteiger partial charge on any atom is -0.421 e. The molecule has 1 aromatic carbocycles. The average Bonchev–Trinajstić information content (AvgIpc) is 3.19. The first-order valence-corrected chi connectivity index (χ1v) is 10.1. The minimum atomic E-state index is -4.83. The highest BCUT2D eigenvalue weighted by molar-refractivity contribution is 5.36. The van der Waals surface area contributed by atoms with E-state index in [1.165, 1.54) is 4.68 Å². The van der Waals surface area contributed by atoms with Gasteiger partial charge in [0.2, 0.25) is 5.95 Å². The van der Waals surface area contributed by atoms with Crippen LogP contribution in [0.25, 0.3) is 0 Å². The fourth-order valence-electron chi connectivity index (χ4n) is 4.37. The number of piperidine rings is 1. The number of rotatable bonds is 5. The van der Waals surface area contributed by atoms with Crippen LogP contribution in [0, 0.1) is 29.1 Å². The van der Waals surface area contributed by atoms with Crippen molar-refractivity contribution in [2.24, 2.45) is 11.8 Å². The van der Waals surface area contributed by atoms with Gasteiger partial charge in [0.15, 0.2) is 17.8 Å². The van der Waals surface area contributed by atoms with Crippen molar-refractivity contribution in [3.63, 3.8) is 0 Å². The summed E-state index contributed by atoms with van der Waals surface area (Å²) in [6.45, 7) is 4.94. The second kappa shape index (κ2) is 7.90. The molecule has 3 atom stereocenters. The van der Waals surface area contributed by atoms with E-state index in [9.17, 15) is 22.8 Å². The lowest BCUT2D eigenvalue weighted by atomic mass is 9.92. The second-order valence-corrected chi connectivity index (χ2v) is 8.25. The number of likely N-dealkylation sites (tertiary alicyclic amines) is 1. The maximum absolute atomic E-state index is 14.4. The Morgan fingerprint density at radius 2 is 1.90 bits per heavy atom. The predicted molar refractivity (Wildman–Crippen MR) is 103 cm³/mol. The third kappa shape index (κ3) is 4.11. The Bertz CT molecular complexity index is 985. The van der Waals surface area contributed by atoms with Crippen LogP contribution in [-0.4, -0.2) is 38.8 Å². The molecule has 1 aliphatic carbocycles. The van der Waals surface area contributed by atoms with Crippen molar-refractivity contribution in [2.75, 3.05) is 18.4 Å². The van der Waals surface area contributed by atoms with Crippen molar-refractivity contribution >= 4 is 5.95 Å². The Kier molecular flexibility index (Phi) is 5.41. The maximum Gasteiger partial charge on any atom is 0.419 e. The number of nitrogens with zero attached hydrogens (tertiary/aromatic N) is 5. The summed E-state index contributed by atoms with van der Waals surface area (Å²) in [6, 6.07) is 2.63. The molecule has 1 aliphatic heterocycles. The van der Waals surface area contributed by atoms with E-state index in [1.807, 2.05) is 13.8 Å². The molecule has 7 nitrogen and oxygen atoms in total. The number of alkyl halides is 3. The molecule has 1 saturated carbocycles. The molecule has 2 fully saturated rings. The van der Waals surface area contributed by atoms with Crippen LogP contribution in [0.2, 0.25) is 0 Å². The van der Waals surface area contributed by atoms with E-state index in [0.29, 0.717) is 19.2 Å². The number of benzene rings is 1. The summed E-state index contributed by atoms with van der Waals surface area (Å²) in [5, 5.41) is 16.9. The van der Waals surface area contributed by atoms with Crippen LogP contribution in [-0.2, 0) is 6.18 Å². The number of ether oxygens (including phenoxy) is 1. The lowest BCUT2D eigenvalue weighted by molar-refractivity contribution is -0.140. The topological polar surface area (TPSA) is 79.0 Å². The van der Waals surface area contributed by atoms with Crippen LogP contribution in [0.4, 0.5) is 23.5 Å². The molecule has 2 bridgehead atoms. The molecule has 0 spiro atoms. The van der Waals surface area contributed by atoms with Gasteiger partial charge in [-0.2, -0.15) is 23.4 Å². The molecule has 1 aromatic heterocycles. The predicted octanol–water partition coefficient (Wildman–Crippen LogP) is 4.41. The molecule has 1 saturated heterocycles. The molecule has 2 aliphatic rings. The van der Waals surface area contributed by atoms with Gasteiger partial charge in [-0.15, -0.1) is 5.10 Å². The van der Waals surface area contributed by atoms with Gasteiger partial charge in [-0.05, 0) is 50.7 Å². The number of aromatic nitrogens is 3. The van der Waals surface area contributed by atoms with Crippen molar-refractivity contribution in [3.05, 3.63) is 29.6 Å². The maximum atomic E-state index is 14.4. The summed E-state index contributed by atoms with van der Waals surface area (Å²) in [5.74, 6) is -1.25. The first-order chi connectivity index (χ1) is 14.7. The zero-order chi connectivity index (χ0) is 22.3. The normalized spacial score (nSPS) is 23.2. The molecule has 31 heavy (non-hydrogen) atoms. The van der Waals surface area contributed by atoms with E-state index in [2.05, 4.69) is 21.6 Å². The molecule has 11 heteroatoms. The third-order valence-electron chi connectivity index (χ3n) is 5.83. The lowest BCUT2D eigenvalue weighted by Gasteiger charge is -2.35. The van der Waals surface area contributed by atoms with Crippen molar-refractivity contribution in [3.8, 4) is 18.0 Å². The molecule has 166 valence electrons. The number of nitrogens with one attached hydrogen (secondary N) is 1. The van der Waals surface area contributed by atoms with E-state index in [0.717, 1.165) is 25.0 Å². The van der Waals surface area contributed by atoms with Crippen LogP contribution in [0.3, 0.4) is 0 Å². The summed E-state index contributed by atoms with van der Waals surface area (Å²) in [5.41, 5.74) is -1.40.